The Balaban J connectivity index is 1.62. The van der Waals surface area contributed by atoms with E-state index in [0.717, 1.165) is 20.5 Å². The molecule has 4 heterocycles. The second-order valence-electron chi connectivity index (χ2n) is 4.39. The maximum absolute atomic E-state index is 4.46. The zero-order chi connectivity index (χ0) is 14.4. The summed E-state index contributed by atoms with van der Waals surface area (Å²) < 4.78 is 1.85. The number of anilines is 2. The molecule has 4 aromatic rings. The first kappa shape index (κ1) is 12.9. The zero-order valence-electron chi connectivity index (χ0n) is 11.2. The highest BCUT2D eigenvalue weighted by atomic mass is 32.1. The average molecular weight is 334 g/mol. The van der Waals surface area contributed by atoms with Gasteiger partial charge in [-0.05, 0) is 25.3 Å². The van der Waals surface area contributed by atoms with E-state index in [2.05, 4.69) is 32.5 Å². The van der Waals surface area contributed by atoms with Crippen LogP contribution in [0.25, 0.3) is 14.8 Å². The smallest absolute Gasteiger partial charge is 0.250 e. The van der Waals surface area contributed by atoms with Gasteiger partial charge < -0.3 is 0 Å². The van der Waals surface area contributed by atoms with Crippen LogP contribution in [0.2, 0.25) is 0 Å². The highest BCUT2D eigenvalue weighted by Crippen LogP contribution is 2.31. The fourth-order valence-corrected chi connectivity index (χ4v) is 4.30. The minimum atomic E-state index is 0.554. The lowest BCUT2D eigenvalue weighted by Gasteiger charge is -1.93. The zero-order valence-corrected chi connectivity index (χ0v) is 13.6. The van der Waals surface area contributed by atoms with Gasteiger partial charge in [0.1, 0.15) is 0 Å². The maximum atomic E-state index is 4.46. The largest absolute Gasteiger partial charge is 0.297 e. The molecule has 4 aromatic heterocycles. The lowest BCUT2D eigenvalue weighted by molar-refractivity contribution is 0.927. The molecule has 21 heavy (non-hydrogen) atoms. The van der Waals surface area contributed by atoms with E-state index in [0.29, 0.717) is 11.1 Å². The van der Waals surface area contributed by atoms with E-state index in [4.69, 9.17) is 0 Å². The van der Waals surface area contributed by atoms with Gasteiger partial charge in [-0.1, -0.05) is 28.7 Å². The van der Waals surface area contributed by atoms with E-state index in [1.165, 1.54) is 16.2 Å². The van der Waals surface area contributed by atoms with E-state index in [9.17, 15) is 0 Å². The first-order valence-electron chi connectivity index (χ1n) is 6.18. The third-order valence-corrected chi connectivity index (χ3v) is 5.95. The van der Waals surface area contributed by atoms with Crippen molar-refractivity contribution in [1.29, 1.82) is 0 Å². The molecule has 0 aliphatic rings. The lowest BCUT2D eigenvalue weighted by Crippen LogP contribution is -1.94. The van der Waals surface area contributed by atoms with E-state index in [1.807, 2.05) is 29.0 Å². The summed E-state index contributed by atoms with van der Waals surface area (Å²) in [6, 6.07) is 4.04. The summed E-state index contributed by atoms with van der Waals surface area (Å²) in [7, 11) is 0. The van der Waals surface area contributed by atoms with E-state index in [-0.39, 0.29) is 0 Å². The van der Waals surface area contributed by atoms with Crippen LogP contribution in [0.5, 0.6) is 0 Å². The van der Waals surface area contributed by atoms with E-state index >= 15 is 0 Å². The molecule has 0 spiro atoms. The minimum Gasteiger partial charge on any atom is -0.297 e. The van der Waals surface area contributed by atoms with Gasteiger partial charge in [-0.15, -0.1) is 26.6 Å². The van der Waals surface area contributed by atoms with Crippen molar-refractivity contribution in [2.45, 2.75) is 13.8 Å². The monoisotopic (exact) mass is 334 g/mol. The number of aryl methyl sites for hydroxylation is 2. The summed E-state index contributed by atoms with van der Waals surface area (Å²) in [4.78, 5) is 7.69. The maximum Gasteiger partial charge on any atom is 0.250 e. The third kappa shape index (κ3) is 2.23. The molecule has 0 unspecified atom stereocenters. The fraction of sp³-hybridized carbons (Fsp3) is 0.167. The van der Waals surface area contributed by atoms with Gasteiger partial charge in [0.15, 0.2) is 5.01 Å². The summed E-state index contributed by atoms with van der Waals surface area (Å²) in [5, 5.41) is 19.5. The Hall–Kier alpha value is -1.84. The quantitative estimate of drug-likeness (QED) is 0.618. The first-order valence-corrected chi connectivity index (χ1v) is 8.69. The van der Waals surface area contributed by atoms with E-state index in [1.54, 1.807) is 22.7 Å². The number of nitrogens with zero attached hydrogens (tertiary/aromatic N) is 5. The van der Waals surface area contributed by atoms with Crippen LogP contribution in [0.15, 0.2) is 17.5 Å². The molecule has 0 bridgehead atoms. The summed E-state index contributed by atoms with van der Waals surface area (Å²) in [6.45, 7) is 4.11. The Morgan fingerprint density at radius 1 is 1.19 bits per heavy atom. The predicted octanol–water partition coefficient (Wildman–Crippen LogP) is 3.73. The normalized spacial score (nSPS) is 11.3. The third-order valence-electron chi connectivity index (χ3n) is 3.02. The lowest BCUT2D eigenvalue weighted by atomic mass is 10.4. The van der Waals surface area contributed by atoms with Crippen molar-refractivity contribution in [2.75, 3.05) is 5.32 Å². The highest BCUT2D eigenvalue weighted by Gasteiger charge is 2.13. The second kappa shape index (κ2) is 4.86. The summed E-state index contributed by atoms with van der Waals surface area (Å²) >= 11 is 4.78. The number of thiophene rings is 1. The van der Waals surface area contributed by atoms with Gasteiger partial charge >= 0.3 is 0 Å². The number of rotatable bonds is 3. The summed E-state index contributed by atoms with van der Waals surface area (Å²) in [5.41, 5.74) is 1.12. The van der Waals surface area contributed by atoms with Crippen LogP contribution >= 0.6 is 34.0 Å². The molecule has 6 nitrogen and oxygen atoms in total. The molecule has 9 heteroatoms. The van der Waals surface area contributed by atoms with Gasteiger partial charge in [0.05, 0.1) is 10.6 Å². The number of nitrogens with one attached hydrogen (secondary N) is 1. The van der Waals surface area contributed by atoms with Crippen LogP contribution in [0.1, 0.15) is 10.6 Å². The van der Waals surface area contributed by atoms with Crippen LogP contribution in [0.3, 0.4) is 0 Å². The Kier molecular flexibility index (Phi) is 2.98. The van der Waals surface area contributed by atoms with Gasteiger partial charge in [0.2, 0.25) is 16.0 Å². The molecular weight excluding hydrogens is 324 g/mol. The van der Waals surface area contributed by atoms with Gasteiger partial charge in [-0.2, -0.15) is 4.98 Å². The second-order valence-corrected chi connectivity index (χ2v) is 7.49. The number of hydrogen-bond acceptors (Lipinski definition) is 8. The Bertz CT molecular complexity index is 901. The van der Waals surface area contributed by atoms with Crippen LogP contribution < -0.4 is 5.32 Å². The molecule has 4 rings (SSSR count). The number of aromatic nitrogens is 5. The van der Waals surface area contributed by atoms with Crippen LogP contribution in [0, 0.1) is 13.8 Å². The molecule has 1 N–H and O–H groups in total. The van der Waals surface area contributed by atoms with Crippen molar-refractivity contribution in [1.82, 2.24) is 24.8 Å². The van der Waals surface area contributed by atoms with Gasteiger partial charge in [0, 0.05) is 4.88 Å². The van der Waals surface area contributed by atoms with Gasteiger partial charge in [-0.3, -0.25) is 5.32 Å². The standard InChI is InChI=1S/C12H10N6S3/c1-6-7(2)20-12-14-10(17-18(6)12)13-11-16-15-9(21-11)8-4-3-5-19-8/h3-5H,1-2H3,(H,13,16,17). The molecule has 0 atom stereocenters. The molecule has 0 radical (unpaired) electrons. The van der Waals surface area contributed by atoms with Crippen LogP contribution in [0.4, 0.5) is 11.1 Å². The molecule has 106 valence electrons. The van der Waals surface area contributed by atoms with Crippen molar-refractivity contribution in [2.24, 2.45) is 0 Å². The summed E-state index contributed by atoms with van der Waals surface area (Å²) in [6.07, 6.45) is 0. The van der Waals surface area contributed by atoms with Crippen LogP contribution in [-0.2, 0) is 0 Å². The molecule has 0 fully saturated rings. The average Bonchev–Trinajstić information content (AvgIpc) is 3.19. The number of thiazole rings is 1. The van der Waals surface area contributed by atoms with Gasteiger partial charge in [0.25, 0.3) is 0 Å². The fourth-order valence-electron chi connectivity index (χ4n) is 1.86. The molecule has 0 aromatic carbocycles. The van der Waals surface area contributed by atoms with Crippen molar-refractivity contribution < 1.29 is 0 Å². The summed E-state index contributed by atoms with van der Waals surface area (Å²) in [5.74, 6) is 0.554. The van der Waals surface area contributed by atoms with Crippen molar-refractivity contribution in [3.05, 3.63) is 28.1 Å². The SMILES string of the molecule is Cc1sc2nc(Nc3nnc(-c4cccs4)s3)nn2c1C. The minimum absolute atomic E-state index is 0.554. The number of fused-ring (bicyclic) bond motifs is 1. The molecule has 0 saturated carbocycles. The van der Waals surface area contributed by atoms with Crippen molar-refractivity contribution >= 4 is 50.1 Å². The Morgan fingerprint density at radius 3 is 2.86 bits per heavy atom. The predicted molar refractivity (Wildman–Crippen MR) is 86.8 cm³/mol. The van der Waals surface area contributed by atoms with Crippen LogP contribution in [-0.4, -0.2) is 24.8 Å². The topological polar surface area (TPSA) is 68.0 Å². The Labute approximate surface area is 132 Å². The molecule has 0 amide bonds. The van der Waals surface area contributed by atoms with Crippen molar-refractivity contribution in [3.63, 3.8) is 0 Å². The Morgan fingerprint density at radius 2 is 2.10 bits per heavy atom. The van der Waals surface area contributed by atoms with E-state index < -0.39 is 0 Å². The number of hydrogen-bond donors (Lipinski definition) is 1. The van der Waals surface area contributed by atoms with Gasteiger partial charge in [-0.25, -0.2) is 4.52 Å². The first-order chi connectivity index (χ1) is 10.2. The molecule has 0 aliphatic heterocycles. The highest BCUT2D eigenvalue weighted by molar-refractivity contribution is 7.23. The molecule has 0 aliphatic carbocycles. The van der Waals surface area contributed by atoms with Crippen molar-refractivity contribution in [3.8, 4) is 9.88 Å². The molecular formula is C12H10N6S3. The molecule has 0 saturated heterocycles.